The lowest BCUT2D eigenvalue weighted by Crippen LogP contribution is -2.03. The van der Waals surface area contributed by atoms with Crippen LogP contribution in [0.2, 0.25) is 5.02 Å². The van der Waals surface area contributed by atoms with Crippen molar-refractivity contribution < 1.29 is 9.50 Å². The van der Waals surface area contributed by atoms with Gasteiger partial charge in [-0.15, -0.1) is 0 Å². The first-order chi connectivity index (χ1) is 8.49. The van der Waals surface area contributed by atoms with Crippen LogP contribution in [0.4, 0.5) is 4.39 Å². The van der Waals surface area contributed by atoms with Gasteiger partial charge < -0.3 is 5.11 Å². The standard InChI is InChI=1S/C14H11ClFIO/c1-8-2-3-9(6-12(8)16)14(18)11-7-10(15)4-5-13(11)17/h2-7,14,18H,1H3. The number of benzene rings is 2. The Balaban J connectivity index is 2.44. The Kier molecular flexibility index (Phi) is 4.25. The molecule has 0 bridgehead atoms. The van der Waals surface area contributed by atoms with E-state index < -0.39 is 6.10 Å². The molecule has 0 aliphatic rings. The van der Waals surface area contributed by atoms with Gasteiger partial charge in [-0.1, -0.05) is 23.7 Å². The highest BCUT2D eigenvalue weighted by molar-refractivity contribution is 14.1. The van der Waals surface area contributed by atoms with Gasteiger partial charge in [0.25, 0.3) is 0 Å². The lowest BCUT2D eigenvalue weighted by Gasteiger charge is -2.14. The molecule has 0 fully saturated rings. The highest BCUT2D eigenvalue weighted by Gasteiger charge is 2.15. The Morgan fingerprint density at radius 1 is 1.22 bits per heavy atom. The van der Waals surface area contributed by atoms with Crippen molar-refractivity contribution in [2.45, 2.75) is 13.0 Å². The maximum atomic E-state index is 13.5. The summed E-state index contributed by atoms with van der Waals surface area (Å²) in [5.74, 6) is -0.316. The molecule has 1 unspecified atom stereocenters. The molecular formula is C14H11ClFIO. The van der Waals surface area contributed by atoms with Crippen LogP contribution in [0.1, 0.15) is 22.8 Å². The Bertz CT molecular complexity index is 586. The fraction of sp³-hybridized carbons (Fsp3) is 0.143. The summed E-state index contributed by atoms with van der Waals surface area (Å²) in [6.07, 6.45) is -0.870. The summed E-state index contributed by atoms with van der Waals surface area (Å²) < 4.78 is 14.4. The van der Waals surface area contributed by atoms with Crippen molar-refractivity contribution in [2.24, 2.45) is 0 Å². The monoisotopic (exact) mass is 376 g/mol. The summed E-state index contributed by atoms with van der Waals surface area (Å²) in [6.45, 7) is 1.69. The van der Waals surface area contributed by atoms with Gasteiger partial charge in [-0.2, -0.15) is 0 Å². The largest absolute Gasteiger partial charge is 0.384 e. The van der Waals surface area contributed by atoms with Gasteiger partial charge in [-0.05, 0) is 70.5 Å². The zero-order chi connectivity index (χ0) is 13.3. The van der Waals surface area contributed by atoms with Crippen LogP contribution in [0.25, 0.3) is 0 Å². The van der Waals surface area contributed by atoms with E-state index in [2.05, 4.69) is 22.6 Å². The second-order valence-corrected chi connectivity index (χ2v) is 5.68. The number of aryl methyl sites for hydroxylation is 1. The summed E-state index contributed by atoms with van der Waals surface area (Å²) in [6, 6.07) is 10.0. The molecule has 2 aromatic rings. The topological polar surface area (TPSA) is 20.2 Å². The lowest BCUT2D eigenvalue weighted by atomic mass is 10.0. The summed E-state index contributed by atoms with van der Waals surface area (Å²) >= 11 is 8.04. The Labute approximate surface area is 124 Å². The molecule has 0 radical (unpaired) electrons. The van der Waals surface area contributed by atoms with Crippen LogP contribution in [0.5, 0.6) is 0 Å². The van der Waals surface area contributed by atoms with E-state index in [1.54, 1.807) is 31.2 Å². The third-order valence-electron chi connectivity index (χ3n) is 2.76. The molecule has 1 nitrogen and oxygen atoms in total. The molecule has 0 saturated carbocycles. The van der Waals surface area contributed by atoms with Gasteiger partial charge in [-0.25, -0.2) is 4.39 Å². The Morgan fingerprint density at radius 2 is 1.94 bits per heavy atom. The molecule has 94 valence electrons. The predicted molar refractivity (Wildman–Crippen MR) is 79.4 cm³/mol. The maximum absolute atomic E-state index is 13.5. The van der Waals surface area contributed by atoms with E-state index >= 15 is 0 Å². The van der Waals surface area contributed by atoms with Gasteiger partial charge in [0.05, 0.1) is 0 Å². The van der Waals surface area contributed by atoms with E-state index in [1.807, 2.05) is 6.07 Å². The highest BCUT2D eigenvalue weighted by Crippen LogP contribution is 2.29. The number of rotatable bonds is 2. The highest BCUT2D eigenvalue weighted by atomic mass is 127. The average Bonchev–Trinajstić information content (AvgIpc) is 2.35. The van der Waals surface area contributed by atoms with Crippen LogP contribution < -0.4 is 0 Å². The van der Waals surface area contributed by atoms with Gasteiger partial charge in [0.1, 0.15) is 11.9 Å². The summed E-state index contributed by atoms with van der Waals surface area (Å²) in [5.41, 5.74) is 1.77. The van der Waals surface area contributed by atoms with E-state index in [1.165, 1.54) is 6.07 Å². The maximum Gasteiger partial charge on any atom is 0.126 e. The number of hydrogen-bond acceptors (Lipinski definition) is 1. The second-order valence-electron chi connectivity index (χ2n) is 4.08. The van der Waals surface area contributed by atoms with Crippen molar-refractivity contribution in [2.75, 3.05) is 0 Å². The molecule has 0 aromatic heterocycles. The molecule has 0 amide bonds. The molecule has 0 saturated heterocycles. The van der Waals surface area contributed by atoms with Crippen LogP contribution in [0.3, 0.4) is 0 Å². The Hall–Kier alpha value is -0.650. The van der Waals surface area contributed by atoms with Crippen molar-refractivity contribution in [1.82, 2.24) is 0 Å². The van der Waals surface area contributed by atoms with Crippen LogP contribution in [-0.4, -0.2) is 5.11 Å². The van der Waals surface area contributed by atoms with E-state index in [0.29, 0.717) is 21.7 Å². The first kappa shape index (κ1) is 13.8. The zero-order valence-corrected chi connectivity index (χ0v) is 12.5. The fourth-order valence-electron chi connectivity index (χ4n) is 1.68. The van der Waals surface area contributed by atoms with Gasteiger partial charge in [-0.3, -0.25) is 0 Å². The predicted octanol–water partition coefficient (Wildman–Crippen LogP) is 4.47. The molecule has 0 aliphatic carbocycles. The van der Waals surface area contributed by atoms with Crippen LogP contribution in [0.15, 0.2) is 36.4 Å². The second kappa shape index (κ2) is 5.55. The van der Waals surface area contributed by atoms with Gasteiger partial charge in [0.2, 0.25) is 0 Å². The SMILES string of the molecule is Cc1ccc(C(O)c2cc(Cl)ccc2I)cc1F. The molecule has 2 rings (SSSR count). The van der Waals surface area contributed by atoms with E-state index in [0.717, 1.165) is 3.57 Å². The molecular weight excluding hydrogens is 366 g/mol. The van der Waals surface area contributed by atoms with Crippen molar-refractivity contribution in [3.05, 3.63) is 67.5 Å². The first-order valence-corrected chi connectivity index (χ1v) is 6.84. The van der Waals surface area contributed by atoms with E-state index in [9.17, 15) is 9.50 Å². The third kappa shape index (κ3) is 2.84. The van der Waals surface area contributed by atoms with Gasteiger partial charge >= 0.3 is 0 Å². The average molecular weight is 377 g/mol. The lowest BCUT2D eigenvalue weighted by molar-refractivity contribution is 0.219. The Morgan fingerprint density at radius 3 is 2.61 bits per heavy atom. The molecule has 1 N–H and O–H groups in total. The van der Waals surface area contributed by atoms with Crippen molar-refractivity contribution in [1.29, 1.82) is 0 Å². The van der Waals surface area contributed by atoms with Crippen LogP contribution in [0, 0.1) is 16.3 Å². The molecule has 0 spiro atoms. The number of hydrogen-bond donors (Lipinski definition) is 1. The van der Waals surface area contributed by atoms with Crippen LogP contribution >= 0.6 is 34.2 Å². The molecule has 18 heavy (non-hydrogen) atoms. The van der Waals surface area contributed by atoms with Crippen molar-refractivity contribution >= 4 is 34.2 Å². The van der Waals surface area contributed by atoms with Crippen LogP contribution in [-0.2, 0) is 0 Å². The van der Waals surface area contributed by atoms with Gasteiger partial charge in [0, 0.05) is 8.59 Å². The minimum Gasteiger partial charge on any atom is -0.384 e. The quantitative estimate of drug-likeness (QED) is 0.767. The van der Waals surface area contributed by atoms with Crippen molar-refractivity contribution in [3.63, 3.8) is 0 Å². The zero-order valence-electron chi connectivity index (χ0n) is 9.62. The molecule has 2 aromatic carbocycles. The summed E-state index contributed by atoms with van der Waals surface area (Å²) in [5, 5.41) is 10.8. The van der Waals surface area contributed by atoms with E-state index in [4.69, 9.17) is 11.6 Å². The van der Waals surface area contributed by atoms with Gasteiger partial charge in [0.15, 0.2) is 0 Å². The molecule has 1 atom stereocenters. The normalized spacial score (nSPS) is 12.5. The number of aliphatic hydroxyl groups excluding tert-OH is 1. The first-order valence-electron chi connectivity index (χ1n) is 5.38. The number of aliphatic hydroxyl groups is 1. The summed E-state index contributed by atoms with van der Waals surface area (Å²) in [4.78, 5) is 0. The molecule has 0 heterocycles. The molecule has 0 aliphatic heterocycles. The van der Waals surface area contributed by atoms with E-state index in [-0.39, 0.29) is 5.82 Å². The number of halogens is 3. The fourth-order valence-corrected chi connectivity index (χ4v) is 2.49. The summed E-state index contributed by atoms with van der Waals surface area (Å²) in [7, 11) is 0. The third-order valence-corrected chi connectivity index (χ3v) is 3.98. The van der Waals surface area contributed by atoms with Crippen molar-refractivity contribution in [3.8, 4) is 0 Å². The molecule has 4 heteroatoms. The minimum absolute atomic E-state index is 0.316. The minimum atomic E-state index is -0.870. The smallest absolute Gasteiger partial charge is 0.126 e.